The highest BCUT2D eigenvalue weighted by Gasteiger charge is 1.98. The summed E-state index contributed by atoms with van der Waals surface area (Å²) in [5.41, 5.74) is 1.36. The summed E-state index contributed by atoms with van der Waals surface area (Å²) in [6, 6.07) is 0. The quantitative estimate of drug-likeness (QED) is 0.365. The molecule has 1 aliphatic carbocycles. The summed E-state index contributed by atoms with van der Waals surface area (Å²) in [7, 11) is 0. The second-order valence-corrected chi connectivity index (χ2v) is 3.80. The molecule has 0 aromatic heterocycles. The molecule has 0 radical (unpaired) electrons. The lowest BCUT2D eigenvalue weighted by Gasteiger charge is -2.05. The predicted octanol–water partition coefficient (Wildman–Crippen LogP) is 3.90. The Morgan fingerprint density at radius 2 is 2.23 bits per heavy atom. The molecule has 1 aliphatic rings. The third kappa shape index (κ3) is 5.01. The van der Waals surface area contributed by atoms with E-state index in [1.54, 1.807) is 0 Å². The van der Waals surface area contributed by atoms with Crippen LogP contribution in [0.2, 0.25) is 0 Å². The average molecular weight is 197 g/mol. The van der Waals surface area contributed by atoms with E-state index in [1.807, 2.05) is 0 Å². The van der Waals surface area contributed by atoms with Crippen LogP contribution >= 0.6 is 11.6 Å². The fraction of sp³-hybridized carbons (Fsp3) is 0.667. The summed E-state index contributed by atoms with van der Waals surface area (Å²) in [5, 5.41) is 0. The first-order valence-electron chi connectivity index (χ1n) is 5.17. The number of halogens is 1. The highest BCUT2D eigenvalue weighted by Crippen LogP contribution is 2.16. The highest BCUT2D eigenvalue weighted by molar-refractivity contribution is 6.17. The van der Waals surface area contributed by atoms with Gasteiger partial charge in [-0.25, -0.2) is 0 Å². The lowest BCUT2D eigenvalue weighted by molar-refractivity contribution is 0.715. The first-order chi connectivity index (χ1) is 6.43. The van der Waals surface area contributed by atoms with Crippen LogP contribution in [-0.4, -0.2) is 5.88 Å². The van der Waals surface area contributed by atoms with Crippen LogP contribution in [0, 0.1) is 11.8 Å². The van der Waals surface area contributed by atoms with Gasteiger partial charge in [-0.1, -0.05) is 17.9 Å². The Morgan fingerprint density at radius 3 is 2.92 bits per heavy atom. The SMILES string of the molecule is ClCCCCC#CC1=CCCCC1. The third-order valence-corrected chi connectivity index (χ3v) is 2.49. The van der Waals surface area contributed by atoms with Crippen molar-refractivity contribution in [2.24, 2.45) is 0 Å². The molecule has 0 fully saturated rings. The van der Waals surface area contributed by atoms with Gasteiger partial charge in [-0.15, -0.1) is 11.6 Å². The van der Waals surface area contributed by atoms with Gasteiger partial charge in [-0.2, -0.15) is 0 Å². The number of hydrogen-bond donors (Lipinski definition) is 0. The van der Waals surface area contributed by atoms with E-state index in [-0.39, 0.29) is 0 Å². The Morgan fingerprint density at radius 1 is 1.31 bits per heavy atom. The molecule has 0 atom stereocenters. The largest absolute Gasteiger partial charge is 0.127 e. The summed E-state index contributed by atoms with van der Waals surface area (Å²) >= 11 is 5.57. The minimum absolute atomic E-state index is 0.768. The molecule has 0 aliphatic heterocycles. The number of alkyl halides is 1. The Balaban J connectivity index is 2.17. The van der Waals surface area contributed by atoms with E-state index in [4.69, 9.17) is 11.6 Å². The lowest BCUT2D eigenvalue weighted by atomic mass is 10.00. The van der Waals surface area contributed by atoms with Crippen LogP contribution in [0.3, 0.4) is 0 Å². The number of hydrogen-bond acceptors (Lipinski definition) is 0. The van der Waals surface area contributed by atoms with Crippen molar-refractivity contribution in [1.82, 2.24) is 0 Å². The molecule has 0 aromatic rings. The average Bonchev–Trinajstić information content (AvgIpc) is 2.19. The van der Waals surface area contributed by atoms with E-state index >= 15 is 0 Å². The Labute approximate surface area is 86.4 Å². The fourth-order valence-corrected chi connectivity index (χ4v) is 1.62. The van der Waals surface area contributed by atoms with E-state index in [9.17, 15) is 0 Å². The Kier molecular flexibility index (Phi) is 5.78. The van der Waals surface area contributed by atoms with Gasteiger partial charge in [0.1, 0.15) is 0 Å². The zero-order chi connectivity index (χ0) is 9.36. The summed E-state index contributed by atoms with van der Waals surface area (Å²) in [5.74, 6) is 7.23. The van der Waals surface area contributed by atoms with Gasteiger partial charge in [-0.3, -0.25) is 0 Å². The summed E-state index contributed by atoms with van der Waals surface area (Å²) in [4.78, 5) is 0. The second kappa shape index (κ2) is 7.04. The minimum Gasteiger partial charge on any atom is -0.127 e. The lowest BCUT2D eigenvalue weighted by Crippen LogP contribution is -1.88. The number of allylic oxidation sites excluding steroid dienone is 2. The van der Waals surface area contributed by atoms with Crippen molar-refractivity contribution in [3.8, 4) is 11.8 Å². The van der Waals surface area contributed by atoms with Crippen LogP contribution in [0.1, 0.15) is 44.9 Å². The van der Waals surface area contributed by atoms with Crippen LogP contribution in [0.4, 0.5) is 0 Å². The first kappa shape index (κ1) is 10.7. The molecular formula is C12H17Cl. The Bertz CT molecular complexity index is 217. The normalized spacial score (nSPS) is 15.9. The molecular weight excluding hydrogens is 180 g/mol. The van der Waals surface area contributed by atoms with Gasteiger partial charge < -0.3 is 0 Å². The molecule has 0 nitrogen and oxygen atoms in total. The van der Waals surface area contributed by atoms with Crippen molar-refractivity contribution < 1.29 is 0 Å². The molecule has 0 saturated heterocycles. The molecule has 0 saturated carbocycles. The van der Waals surface area contributed by atoms with E-state index in [1.165, 1.54) is 31.3 Å². The van der Waals surface area contributed by atoms with Crippen molar-refractivity contribution in [1.29, 1.82) is 0 Å². The maximum absolute atomic E-state index is 5.57. The summed E-state index contributed by atoms with van der Waals surface area (Å²) in [6.45, 7) is 0. The Hall–Kier alpha value is -0.410. The van der Waals surface area contributed by atoms with Gasteiger partial charge >= 0.3 is 0 Å². The standard InChI is InChI=1S/C12H17Cl/c13-11-7-2-1-4-8-12-9-5-3-6-10-12/h9H,1-3,5-7,10-11H2. The molecule has 1 rings (SSSR count). The van der Waals surface area contributed by atoms with Gasteiger partial charge in [0.25, 0.3) is 0 Å². The van der Waals surface area contributed by atoms with E-state index in [0.29, 0.717) is 0 Å². The molecule has 1 heteroatoms. The molecule has 0 heterocycles. The van der Waals surface area contributed by atoms with Gasteiger partial charge in [0.05, 0.1) is 0 Å². The molecule has 0 bridgehead atoms. The van der Waals surface area contributed by atoms with Gasteiger partial charge in [0.2, 0.25) is 0 Å². The number of rotatable bonds is 3. The highest BCUT2D eigenvalue weighted by atomic mass is 35.5. The molecule has 0 spiro atoms. The topological polar surface area (TPSA) is 0 Å². The van der Waals surface area contributed by atoms with Gasteiger partial charge in [-0.05, 0) is 44.1 Å². The monoisotopic (exact) mass is 196 g/mol. The molecule has 0 unspecified atom stereocenters. The first-order valence-corrected chi connectivity index (χ1v) is 5.71. The third-order valence-electron chi connectivity index (χ3n) is 2.23. The van der Waals surface area contributed by atoms with Crippen molar-refractivity contribution >= 4 is 11.6 Å². The molecule has 13 heavy (non-hydrogen) atoms. The minimum atomic E-state index is 0.768. The zero-order valence-electron chi connectivity index (χ0n) is 8.11. The van der Waals surface area contributed by atoms with Crippen molar-refractivity contribution in [3.63, 3.8) is 0 Å². The molecule has 0 amide bonds. The van der Waals surface area contributed by atoms with E-state index in [0.717, 1.165) is 25.1 Å². The van der Waals surface area contributed by atoms with Crippen LogP contribution in [0.15, 0.2) is 11.6 Å². The van der Waals surface area contributed by atoms with Crippen molar-refractivity contribution in [2.45, 2.75) is 44.9 Å². The van der Waals surface area contributed by atoms with E-state index < -0.39 is 0 Å². The summed E-state index contributed by atoms with van der Waals surface area (Å²) < 4.78 is 0. The molecule has 0 N–H and O–H groups in total. The smallest absolute Gasteiger partial charge is 0.0223 e. The van der Waals surface area contributed by atoms with E-state index in [2.05, 4.69) is 17.9 Å². The maximum atomic E-state index is 5.57. The van der Waals surface area contributed by atoms with Gasteiger partial charge in [0.15, 0.2) is 0 Å². The van der Waals surface area contributed by atoms with Crippen molar-refractivity contribution in [3.05, 3.63) is 11.6 Å². The fourth-order valence-electron chi connectivity index (χ4n) is 1.44. The maximum Gasteiger partial charge on any atom is 0.0223 e. The second-order valence-electron chi connectivity index (χ2n) is 3.42. The van der Waals surface area contributed by atoms with Crippen LogP contribution in [0.5, 0.6) is 0 Å². The van der Waals surface area contributed by atoms with Crippen molar-refractivity contribution in [2.75, 3.05) is 5.88 Å². The van der Waals surface area contributed by atoms with Crippen LogP contribution in [-0.2, 0) is 0 Å². The number of unbranched alkanes of at least 4 members (excludes halogenated alkanes) is 2. The molecule has 0 aromatic carbocycles. The predicted molar refractivity (Wildman–Crippen MR) is 58.9 cm³/mol. The van der Waals surface area contributed by atoms with Crippen LogP contribution in [0.25, 0.3) is 0 Å². The van der Waals surface area contributed by atoms with Crippen LogP contribution < -0.4 is 0 Å². The van der Waals surface area contributed by atoms with Gasteiger partial charge in [0, 0.05) is 12.3 Å². The molecule has 72 valence electrons. The summed E-state index contributed by atoms with van der Waals surface area (Å²) in [6.07, 6.45) is 10.6. The zero-order valence-corrected chi connectivity index (χ0v) is 8.87.